The standard InChI is InChI=1S/C18H26N4OS/c1-14-17(24-13-20-14)12-22-8-9-23-16(11-22)5-4-15-6-7-19-18(10-15)21(2)3/h6-7,10,13,16H,4-5,8-9,11-12H2,1-3H3. The fraction of sp³-hybridized carbons (Fsp3) is 0.556. The highest BCUT2D eigenvalue weighted by molar-refractivity contribution is 7.09. The summed E-state index contributed by atoms with van der Waals surface area (Å²) >= 11 is 1.75. The smallest absolute Gasteiger partial charge is 0.128 e. The van der Waals surface area contributed by atoms with Crippen LogP contribution >= 0.6 is 11.3 Å². The van der Waals surface area contributed by atoms with Crippen LogP contribution in [0.2, 0.25) is 0 Å². The number of aromatic nitrogens is 2. The summed E-state index contributed by atoms with van der Waals surface area (Å²) < 4.78 is 5.98. The van der Waals surface area contributed by atoms with Gasteiger partial charge in [-0.25, -0.2) is 9.97 Å². The van der Waals surface area contributed by atoms with Crippen LogP contribution in [-0.4, -0.2) is 54.8 Å². The van der Waals surface area contributed by atoms with Crippen molar-refractivity contribution in [3.8, 4) is 0 Å². The molecule has 2 aromatic heterocycles. The van der Waals surface area contributed by atoms with Crippen molar-refractivity contribution in [1.82, 2.24) is 14.9 Å². The third kappa shape index (κ3) is 4.53. The van der Waals surface area contributed by atoms with Crippen molar-refractivity contribution in [3.05, 3.63) is 40.0 Å². The number of hydrogen-bond acceptors (Lipinski definition) is 6. The molecule has 6 heteroatoms. The van der Waals surface area contributed by atoms with Gasteiger partial charge in [0, 0.05) is 44.8 Å². The normalized spacial score (nSPS) is 18.7. The van der Waals surface area contributed by atoms with Gasteiger partial charge < -0.3 is 9.64 Å². The highest BCUT2D eigenvalue weighted by Crippen LogP contribution is 2.19. The first-order chi connectivity index (χ1) is 11.6. The van der Waals surface area contributed by atoms with Gasteiger partial charge in [0.2, 0.25) is 0 Å². The molecule has 0 bridgehead atoms. The second-order valence-electron chi connectivity index (χ2n) is 6.54. The molecule has 1 aliphatic rings. The van der Waals surface area contributed by atoms with Crippen LogP contribution in [0, 0.1) is 6.92 Å². The van der Waals surface area contributed by atoms with E-state index in [0.717, 1.165) is 50.6 Å². The minimum absolute atomic E-state index is 0.308. The Kier molecular flexibility index (Phi) is 5.81. The molecular weight excluding hydrogens is 320 g/mol. The molecule has 1 saturated heterocycles. The molecule has 3 heterocycles. The summed E-state index contributed by atoms with van der Waals surface area (Å²) in [4.78, 5) is 14.6. The molecule has 0 N–H and O–H groups in total. The number of morpholine rings is 1. The topological polar surface area (TPSA) is 41.5 Å². The van der Waals surface area contributed by atoms with Crippen LogP contribution in [0.25, 0.3) is 0 Å². The van der Waals surface area contributed by atoms with Gasteiger partial charge in [-0.2, -0.15) is 0 Å². The summed E-state index contributed by atoms with van der Waals surface area (Å²) in [5.41, 5.74) is 4.43. The van der Waals surface area contributed by atoms with Gasteiger partial charge in [0.05, 0.1) is 23.9 Å². The Bertz CT molecular complexity index is 658. The van der Waals surface area contributed by atoms with Gasteiger partial charge in [0.1, 0.15) is 5.82 Å². The van der Waals surface area contributed by atoms with Gasteiger partial charge in [-0.1, -0.05) is 0 Å². The molecule has 1 atom stereocenters. The molecular formula is C18H26N4OS. The maximum absolute atomic E-state index is 5.98. The maximum Gasteiger partial charge on any atom is 0.128 e. The lowest BCUT2D eigenvalue weighted by molar-refractivity contribution is -0.0343. The lowest BCUT2D eigenvalue weighted by atomic mass is 10.1. The van der Waals surface area contributed by atoms with Gasteiger partial charge in [0.25, 0.3) is 0 Å². The number of pyridine rings is 1. The van der Waals surface area contributed by atoms with Gasteiger partial charge in [-0.3, -0.25) is 4.90 Å². The minimum Gasteiger partial charge on any atom is -0.376 e. The van der Waals surface area contributed by atoms with Crippen LogP contribution in [0.3, 0.4) is 0 Å². The van der Waals surface area contributed by atoms with E-state index < -0.39 is 0 Å². The van der Waals surface area contributed by atoms with Crippen molar-refractivity contribution in [3.63, 3.8) is 0 Å². The summed E-state index contributed by atoms with van der Waals surface area (Å²) in [6.45, 7) is 5.92. The highest BCUT2D eigenvalue weighted by Gasteiger charge is 2.21. The van der Waals surface area contributed by atoms with E-state index in [4.69, 9.17) is 4.74 Å². The number of hydrogen-bond donors (Lipinski definition) is 0. The largest absolute Gasteiger partial charge is 0.376 e. The maximum atomic E-state index is 5.98. The molecule has 130 valence electrons. The molecule has 1 unspecified atom stereocenters. The van der Waals surface area contributed by atoms with Crippen molar-refractivity contribution in [2.45, 2.75) is 32.4 Å². The van der Waals surface area contributed by atoms with Crippen molar-refractivity contribution in [2.75, 3.05) is 38.7 Å². The van der Waals surface area contributed by atoms with Crippen molar-refractivity contribution in [2.24, 2.45) is 0 Å². The second-order valence-corrected chi connectivity index (χ2v) is 7.48. The van der Waals surface area contributed by atoms with Gasteiger partial charge >= 0.3 is 0 Å². The quantitative estimate of drug-likeness (QED) is 0.804. The molecule has 1 aliphatic heterocycles. The van der Waals surface area contributed by atoms with E-state index in [2.05, 4.69) is 33.9 Å². The molecule has 3 rings (SSSR count). The molecule has 5 nitrogen and oxygen atoms in total. The first-order valence-corrected chi connectivity index (χ1v) is 9.35. The van der Waals surface area contributed by atoms with E-state index in [1.165, 1.54) is 10.4 Å². The number of anilines is 1. The van der Waals surface area contributed by atoms with Crippen LogP contribution in [0.15, 0.2) is 23.8 Å². The van der Waals surface area contributed by atoms with E-state index in [-0.39, 0.29) is 0 Å². The minimum atomic E-state index is 0.308. The fourth-order valence-corrected chi connectivity index (χ4v) is 3.79. The zero-order valence-corrected chi connectivity index (χ0v) is 15.6. The van der Waals surface area contributed by atoms with Crippen LogP contribution in [0.5, 0.6) is 0 Å². The first kappa shape index (κ1) is 17.3. The number of thiazole rings is 1. The molecule has 2 aromatic rings. The number of ether oxygens (including phenoxy) is 1. The average Bonchev–Trinajstić information content (AvgIpc) is 2.98. The number of aryl methyl sites for hydroxylation is 2. The summed E-state index contributed by atoms with van der Waals surface area (Å²) in [5.74, 6) is 1.01. The van der Waals surface area contributed by atoms with E-state index in [1.807, 2.05) is 30.7 Å². The first-order valence-electron chi connectivity index (χ1n) is 8.47. The van der Waals surface area contributed by atoms with Crippen molar-refractivity contribution < 1.29 is 4.74 Å². The fourth-order valence-electron chi connectivity index (χ4n) is 2.97. The Morgan fingerprint density at radius 2 is 2.25 bits per heavy atom. The molecule has 0 saturated carbocycles. The molecule has 0 aliphatic carbocycles. The van der Waals surface area contributed by atoms with Crippen LogP contribution in [0.4, 0.5) is 5.82 Å². The van der Waals surface area contributed by atoms with Crippen molar-refractivity contribution in [1.29, 1.82) is 0 Å². The van der Waals surface area contributed by atoms with Gasteiger partial charge in [-0.05, 0) is 37.5 Å². The Hall–Kier alpha value is -1.50. The Morgan fingerprint density at radius 1 is 1.38 bits per heavy atom. The third-order valence-corrected chi connectivity index (χ3v) is 5.38. The van der Waals surface area contributed by atoms with Crippen LogP contribution < -0.4 is 4.90 Å². The van der Waals surface area contributed by atoms with Gasteiger partial charge in [0.15, 0.2) is 0 Å². The Labute approximate surface area is 148 Å². The molecule has 0 aromatic carbocycles. The summed E-state index contributed by atoms with van der Waals surface area (Å²) in [7, 11) is 4.05. The summed E-state index contributed by atoms with van der Waals surface area (Å²) in [6, 6.07) is 4.27. The van der Waals surface area contributed by atoms with Crippen molar-refractivity contribution >= 4 is 17.2 Å². The van der Waals surface area contributed by atoms with Gasteiger partial charge in [-0.15, -0.1) is 11.3 Å². The number of nitrogens with zero attached hydrogens (tertiary/aromatic N) is 4. The lowest BCUT2D eigenvalue weighted by Gasteiger charge is -2.32. The van der Waals surface area contributed by atoms with E-state index in [1.54, 1.807) is 11.3 Å². The Balaban J connectivity index is 1.52. The molecule has 0 radical (unpaired) electrons. The lowest BCUT2D eigenvalue weighted by Crippen LogP contribution is -2.42. The summed E-state index contributed by atoms with van der Waals surface area (Å²) in [5, 5.41) is 0. The van der Waals surface area contributed by atoms with E-state index in [9.17, 15) is 0 Å². The molecule has 0 amide bonds. The summed E-state index contributed by atoms with van der Waals surface area (Å²) in [6.07, 6.45) is 4.28. The average molecular weight is 347 g/mol. The SMILES string of the molecule is Cc1ncsc1CN1CCOC(CCc2ccnc(N(C)C)c2)C1. The van der Waals surface area contributed by atoms with E-state index in [0.29, 0.717) is 6.10 Å². The second kappa shape index (κ2) is 8.05. The third-order valence-electron chi connectivity index (χ3n) is 4.46. The monoisotopic (exact) mass is 346 g/mol. The zero-order chi connectivity index (χ0) is 16.9. The zero-order valence-electron chi connectivity index (χ0n) is 14.7. The van der Waals surface area contributed by atoms with E-state index >= 15 is 0 Å². The van der Waals surface area contributed by atoms with Crippen LogP contribution in [-0.2, 0) is 17.7 Å². The predicted octanol–water partition coefficient (Wildman–Crippen LogP) is 2.75. The Morgan fingerprint density at radius 3 is 3.00 bits per heavy atom. The molecule has 24 heavy (non-hydrogen) atoms. The number of rotatable bonds is 6. The molecule has 1 fully saturated rings. The highest BCUT2D eigenvalue weighted by atomic mass is 32.1. The molecule has 0 spiro atoms. The predicted molar refractivity (Wildman–Crippen MR) is 98.8 cm³/mol. The van der Waals surface area contributed by atoms with Crippen LogP contribution in [0.1, 0.15) is 22.6 Å².